The van der Waals surface area contributed by atoms with E-state index in [1.165, 1.54) is 11.6 Å². The Hall–Kier alpha value is -3.61. The molecular formula is C28H29F3N4O2. The number of hydrogen-bond acceptors (Lipinski definition) is 5. The van der Waals surface area contributed by atoms with E-state index in [1.807, 2.05) is 24.3 Å². The molecule has 0 saturated carbocycles. The van der Waals surface area contributed by atoms with Gasteiger partial charge in [0, 0.05) is 49.6 Å². The minimum absolute atomic E-state index is 0.00287. The van der Waals surface area contributed by atoms with E-state index in [0.29, 0.717) is 5.56 Å². The second kappa shape index (κ2) is 12.1. The molecule has 0 amide bonds. The van der Waals surface area contributed by atoms with Crippen molar-refractivity contribution in [2.45, 2.75) is 32.2 Å². The van der Waals surface area contributed by atoms with Gasteiger partial charge in [-0.1, -0.05) is 37.0 Å². The van der Waals surface area contributed by atoms with Crippen LogP contribution in [-0.2, 0) is 13.0 Å². The molecule has 9 heteroatoms. The molecule has 6 nitrogen and oxygen atoms in total. The van der Waals surface area contributed by atoms with E-state index in [9.17, 15) is 18.7 Å². The van der Waals surface area contributed by atoms with Crippen molar-refractivity contribution in [1.29, 1.82) is 0 Å². The molecule has 0 spiro atoms. The monoisotopic (exact) mass is 510 g/mol. The number of aromatic nitrogens is 2. The molecule has 2 heterocycles. The summed E-state index contributed by atoms with van der Waals surface area (Å²) in [6.07, 6.45) is -1.45. The van der Waals surface area contributed by atoms with Crippen LogP contribution in [0, 0.1) is 23.6 Å². The van der Waals surface area contributed by atoms with Crippen LogP contribution in [0.2, 0.25) is 0 Å². The third-order valence-corrected chi connectivity index (χ3v) is 6.32. The molecule has 1 atom stereocenters. The van der Waals surface area contributed by atoms with Gasteiger partial charge in [0.25, 0.3) is 12.0 Å². The number of benzene rings is 2. The molecule has 1 saturated heterocycles. The summed E-state index contributed by atoms with van der Waals surface area (Å²) in [7, 11) is 0. The van der Waals surface area contributed by atoms with Crippen LogP contribution in [0.3, 0.4) is 0 Å². The molecule has 0 unspecified atom stereocenters. The lowest BCUT2D eigenvalue weighted by Gasteiger charge is -2.37. The number of alkyl halides is 2. The van der Waals surface area contributed by atoms with Gasteiger partial charge in [0.2, 0.25) is 5.75 Å². The van der Waals surface area contributed by atoms with E-state index < -0.39 is 36.0 Å². The van der Waals surface area contributed by atoms with Gasteiger partial charge in [0.15, 0.2) is 0 Å². The summed E-state index contributed by atoms with van der Waals surface area (Å²) in [5.74, 6) is 4.99. The summed E-state index contributed by atoms with van der Waals surface area (Å²) in [5.41, 5.74) is 2.09. The van der Waals surface area contributed by atoms with Crippen LogP contribution in [0.4, 0.5) is 13.2 Å². The number of likely N-dealkylation sites (tertiary alicyclic amines) is 1. The molecule has 2 aromatic carbocycles. The van der Waals surface area contributed by atoms with Crippen LogP contribution in [0.1, 0.15) is 40.8 Å². The Kier molecular flexibility index (Phi) is 8.64. The molecule has 0 aliphatic carbocycles. The van der Waals surface area contributed by atoms with Gasteiger partial charge in [-0.3, -0.25) is 9.69 Å². The Morgan fingerprint density at radius 3 is 2.51 bits per heavy atom. The lowest BCUT2D eigenvalue weighted by atomic mass is 9.92. The van der Waals surface area contributed by atoms with Gasteiger partial charge >= 0.3 is 0 Å². The Labute approximate surface area is 213 Å². The highest BCUT2D eigenvalue weighted by atomic mass is 19.3. The first kappa shape index (κ1) is 26.5. The normalized spacial score (nSPS) is 14.7. The van der Waals surface area contributed by atoms with Crippen LogP contribution < -0.4 is 10.9 Å². The summed E-state index contributed by atoms with van der Waals surface area (Å²) in [5, 5.41) is 12.6. The number of nitrogens with one attached hydrogen (secondary N) is 2. The minimum Gasteiger partial charge on any atom is -0.502 e. The quantitative estimate of drug-likeness (QED) is 0.383. The smallest absolute Gasteiger partial charge is 0.293 e. The van der Waals surface area contributed by atoms with Crippen molar-refractivity contribution in [3.63, 3.8) is 0 Å². The fourth-order valence-electron chi connectivity index (χ4n) is 4.46. The third-order valence-electron chi connectivity index (χ3n) is 6.32. The Morgan fingerprint density at radius 2 is 1.84 bits per heavy atom. The number of H-pyrrole nitrogens is 1. The molecule has 194 valence electrons. The topological polar surface area (TPSA) is 81.2 Å². The average Bonchev–Trinajstić information content (AvgIpc) is 2.85. The zero-order valence-corrected chi connectivity index (χ0v) is 20.5. The number of rotatable bonds is 9. The number of aromatic hydroxyl groups is 1. The summed E-state index contributed by atoms with van der Waals surface area (Å²) in [6.45, 7) is 4.84. The van der Waals surface area contributed by atoms with Gasteiger partial charge in [-0.05, 0) is 41.3 Å². The van der Waals surface area contributed by atoms with E-state index in [0.717, 1.165) is 37.4 Å². The van der Waals surface area contributed by atoms with Crippen molar-refractivity contribution in [3.05, 3.63) is 92.9 Å². The van der Waals surface area contributed by atoms with Crippen LogP contribution in [0.5, 0.6) is 5.75 Å². The van der Waals surface area contributed by atoms with Crippen LogP contribution >= 0.6 is 0 Å². The Morgan fingerprint density at radius 1 is 1.14 bits per heavy atom. The summed E-state index contributed by atoms with van der Waals surface area (Å²) in [4.78, 5) is 20.3. The molecule has 3 aromatic rings. The second-order valence-electron chi connectivity index (χ2n) is 9.46. The van der Waals surface area contributed by atoms with Gasteiger partial charge in [0.05, 0.1) is 18.6 Å². The van der Waals surface area contributed by atoms with E-state index in [1.54, 1.807) is 12.1 Å². The van der Waals surface area contributed by atoms with Crippen molar-refractivity contribution < 1.29 is 18.3 Å². The first-order valence-corrected chi connectivity index (χ1v) is 12.2. The predicted octanol–water partition coefficient (Wildman–Crippen LogP) is 3.65. The van der Waals surface area contributed by atoms with E-state index >= 15 is 4.39 Å². The average molecular weight is 511 g/mol. The van der Waals surface area contributed by atoms with Gasteiger partial charge in [-0.25, -0.2) is 18.2 Å². The summed E-state index contributed by atoms with van der Waals surface area (Å²) in [6, 6.07) is 12.5. The minimum atomic E-state index is -2.57. The number of aromatic amines is 1. The van der Waals surface area contributed by atoms with Crippen molar-refractivity contribution in [3.8, 4) is 17.6 Å². The maximum atomic E-state index is 15.1. The van der Waals surface area contributed by atoms with Crippen molar-refractivity contribution >= 4 is 0 Å². The molecular weight excluding hydrogens is 481 g/mol. The third kappa shape index (κ3) is 7.21. The van der Waals surface area contributed by atoms with Crippen molar-refractivity contribution in [2.75, 3.05) is 26.2 Å². The maximum absolute atomic E-state index is 15.1. The number of nitrogens with zero attached hydrogens (tertiary/aromatic N) is 2. The largest absolute Gasteiger partial charge is 0.502 e. The standard InChI is InChI=1S/C28H29F3N4O2/c1-18-14-35(15-18)16-21-6-3-19(4-7-21)2-5-20-8-9-23(24(29)10-20)22(12-32-13-26(30)31)11-25-27(36)28(37)34-17-33-25/h3-4,6-10,17-18,22,26,32,36H,11-16H2,1H3,(H,33,34,37)/t22-/m1/s1. The first-order chi connectivity index (χ1) is 17.8. The lowest BCUT2D eigenvalue weighted by Crippen LogP contribution is -2.44. The van der Waals surface area contributed by atoms with E-state index in [-0.39, 0.29) is 24.2 Å². The van der Waals surface area contributed by atoms with Crippen molar-refractivity contribution in [2.24, 2.45) is 5.92 Å². The summed E-state index contributed by atoms with van der Waals surface area (Å²) >= 11 is 0. The van der Waals surface area contributed by atoms with Crippen LogP contribution in [0.15, 0.2) is 53.6 Å². The maximum Gasteiger partial charge on any atom is 0.293 e. The lowest BCUT2D eigenvalue weighted by molar-refractivity contribution is 0.105. The van der Waals surface area contributed by atoms with Crippen LogP contribution in [-0.4, -0.2) is 52.6 Å². The van der Waals surface area contributed by atoms with Crippen molar-refractivity contribution in [1.82, 2.24) is 20.2 Å². The molecule has 37 heavy (non-hydrogen) atoms. The Bertz CT molecular complexity index is 1330. The molecule has 1 aromatic heterocycles. The molecule has 1 aliphatic heterocycles. The molecule has 0 bridgehead atoms. The molecule has 1 fully saturated rings. The number of hydrogen-bond donors (Lipinski definition) is 3. The predicted molar refractivity (Wildman–Crippen MR) is 135 cm³/mol. The summed E-state index contributed by atoms with van der Waals surface area (Å²) < 4.78 is 40.4. The Balaban J connectivity index is 1.48. The SMILES string of the molecule is CC1CN(Cc2ccc(C#Cc3ccc([C@@H](CNCC(F)F)Cc4nc[nH]c(=O)c4O)c(F)c3)cc2)C1. The fourth-order valence-corrected chi connectivity index (χ4v) is 4.46. The molecule has 4 rings (SSSR count). The zero-order valence-electron chi connectivity index (χ0n) is 20.5. The van der Waals surface area contributed by atoms with E-state index in [4.69, 9.17) is 0 Å². The fraction of sp³-hybridized carbons (Fsp3) is 0.357. The van der Waals surface area contributed by atoms with Gasteiger partial charge in [-0.15, -0.1) is 0 Å². The van der Waals surface area contributed by atoms with Gasteiger partial charge in [0.1, 0.15) is 5.82 Å². The zero-order chi connectivity index (χ0) is 26.4. The highest BCUT2D eigenvalue weighted by Crippen LogP contribution is 2.25. The molecule has 1 aliphatic rings. The second-order valence-corrected chi connectivity index (χ2v) is 9.46. The highest BCUT2D eigenvalue weighted by Gasteiger charge is 2.22. The van der Waals surface area contributed by atoms with Gasteiger partial charge in [-0.2, -0.15) is 0 Å². The van der Waals surface area contributed by atoms with Gasteiger partial charge < -0.3 is 15.4 Å². The van der Waals surface area contributed by atoms with E-state index in [2.05, 4.69) is 38.9 Å². The molecule has 0 radical (unpaired) electrons. The highest BCUT2D eigenvalue weighted by molar-refractivity contribution is 5.45. The van der Waals surface area contributed by atoms with Crippen LogP contribution in [0.25, 0.3) is 0 Å². The first-order valence-electron chi connectivity index (χ1n) is 12.2. The number of halogens is 3. The molecule has 3 N–H and O–H groups in total.